The van der Waals surface area contributed by atoms with Crippen molar-refractivity contribution in [3.8, 4) is 0 Å². The summed E-state index contributed by atoms with van der Waals surface area (Å²) in [5.74, 6) is 0. The molecule has 0 rings (SSSR count). The van der Waals surface area contributed by atoms with Crippen LogP contribution in [0.3, 0.4) is 0 Å². The fourth-order valence-electron chi connectivity index (χ4n) is 0.174. The van der Waals surface area contributed by atoms with Crippen LogP contribution in [0.5, 0.6) is 0 Å². The van der Waals surface area contributed by atoms with Crippen molar-refractivity contribution < 1.29 is 0 Å². The first-order valence-electron chi connectivity index (χ1n) is 2.48. The van der Waals surface area contributed by atoms with E-state index in [0.717, 1.165) is 0 Å². The summed E-state index contributed by atoms with van der Waals surface area (Å²) in [6, 6.07) is 0.323. The summed E-state index contributed by atoms with van der Waals surface area (Å²) < 4.78 is 0. The molecular formula is C4H11N4-. The molecule has 0 bridgehead atoms. The topological polar surface area (TPSA) is 53.6 Å². The second kappa shape index (κ2) is 3.37. The summed E-state index contributed by atoms with van der Waals surface area (Å²) in [5.41, 5.74) is 9.79. The van der Waals surface area contributed by atoms with E-state index in [2.05, 4.69) is 10.8 Å². The third kappa shape index (κ3) is 2.52. The first-order chi connectivity index (χ1) is 3.68. The van der Waals surface area contributed by atoms with Crippen LogP contribution in [0.2, 0.25) is 0 Å². The van der Waals surface area contributed by atoms with Crippen LogP contribution in [0.1, 0.15) is 13.8 Å². The van der Waals surface area contributed by atoms with Gasteiger partial charge >= 0.3 is 0 Å². The van der Waals surface area contributed by atoms with E-state index in [-0.39, 0.29) is 0 Å². The minimum absolute atomic E-state index is 0.323. The van der Waals surface area contributed by atoms with Crippen molar-refractivity contribution in [3.63, 3.8) is 0 Å². The van der Waals surface area contributed by atoms with Gasteiger partial charge in [0.25, 0.3) is 0 Å². The van der Waals surface area contributed by atoms with E-state index in [0.29, 0.717) is 6.04 Å². The molecule has 4 nitrogen and oxygen atoms in total. The van der Waals surface area contributed by atoms with Crippen molar-refractivity contribution in [2.45, 2.75) is 19.9 Å². The largest absolute Gasteiger partial charge is 0.397 e. The Balaban J connectivity index is 3.30. The van der Waals surface area contributed by atoms with Crippen LogP contribution in [0, 0.1) is 5.53 Å². The minimum Gasteiger partial charge on any atom is -0.397 e. The number of hydrogen-bond acceptors (Lipinski definition) is 3. The first kappa shape index (κ1) is 7.36. The van der Waals surface area contributed by atoms with Crippen molar-refractivity contribution in [2.75, 3.05) is 7.05 Å². The van der Waals surface area contributed by atoms with Gasteiger partial charge in [-0.3, -0.25) is 10.2 Å². The molecule has 0 aromatic heterocycles. The number of rotatable bonds is 3. The van der Waals surface area contributed by atoms with Gasteiger partial charge in [0.1, 0.15) is 0 Å². The van der Waals surface area contributed by atoms with Gasteiger partial charge in [0.2, 0.25) is 0 Å². The molecule has 0 heterocycles. The summed E-state index contributed by atoms with van der Waals surface area (Å²) in [7, 11) is 1.78. The van der Waals surface area contributed by atoms with E-state index in [4.69, 9.17) is 5.53 Å². The van der Waals surface area contributed by atoms with Crippen LogP contribution in [0.25, 0.3) is 5.53 Å². The molecule has 0 radical (unpaired) electrons. The quantitative estimate of drug-likeness (QED) is 0.440. The molecule has 0 fully saturated rings. The van der Waals surface area contributed by atoms with E-state index in [9.17, 15) is 0 Å². The molecule has 8 heavy (non-hydrogen) atoms. The lowest BCUT2D eigenvalue weighted by atomic mass is 10.4. The SMILES string of the molecule is CC(C)N(C)[N-]N=N. The maximum atomic E-state index is 6.34. The average molecular weight is 115 g/mol. The Morgan fingerprint density at radius 2 is 2.12 bits per heavy atom. The zero-order valence-corrected chi connectivity index (χ0v) is 5.42. The lowest BCUT2D eigenvalue weighted by Gasteiger charge is -2.23. The maximum absolute atomic E-state index is 6.34. The fraction of sp³-hybridized carbons (Fsp3) is 1.00. The molecule has 0 saturated heterocycles. The number of nitrogens with zero attached hydrogens (tertiary/aromatic N) is 3. The standard InChI is InChI=1S/C4H11N4/c1-4(2)8(3)7-6-5/h4H,1-3H3,(H-,5,7)/q-1. The highest BCUT2D eigenvalue weighted by Gasteiger charge is 1.93. The summed E-state index contributed by atoms with van der Waals surface area (Å²) in [6.45, 7) is 3.96. The molecule has 0 aliphatic carbocycles. The van der Waals surface area contributed by atoms with E-state index in [1.54, 1.807) is 12.1 Å². The Kier molecular flexibility index (Phi) is 3.10. The molecule has 0 spiro atoms. The number of nitrogens with one attached hydrogen (secondary N) is 1. The van der Waals surface area contributed by atoms with E-state index in [1.807, 2.05) is 13.8 Å². The zero-order valence-electron chi connectivity index (χ0n) is 5.42. The van der Waals surface area contributed by atoms with Crippen molar-refractivity contribution in [1.82, 2.24) is 5.01 Å². The van der Waals surface area contributed by atoms with Crippen molar-refractivity contribution in [2.24, 2.45) is 5.22 Å². The van der Waals surface area contributed by atoms with E-state index in [1.165, 1.54) is 0 Å². The zero-order chi connectivity index (χ0) is 6.57. The Hall–Kier alpha value is -0.640. The van der Waals surface area contributed by atoms with Gasteiger partial charge in [0.05, 0.1) is 0 Å². The number of hydrogen-bond donors (Lipinski definition) is 1. The maximum Gasteiger partial charge on any atom is 0.00696 e. The van der Waals surface area contributed by atoms with Gasteiger partial charge in [0, 0.05) is 6.04 Å². The molecule has 0 amide bonds. The lowest BCUT2D eigenvalue weighted by molar-refractivity contribution is 0.338. The predicted molar refractivity (Wildman–Crippen MR) is 31.4 cm³/mol. The molecule has 0 saturated carbocycles. The second-order valence-electron chi connectivity index (χ2n) is 1.86. The van der Waals surface area contributed by atoms with Gasteiger partial charge in [-0.05, 0) is 20.9 Å². The molecular weight excluding hydrogens is 104 g/mol. The molecule has 0 aromatic carbocycles. The molecule has 0 aromatic rings. The van der Waals surface area contributed by atoms with Crippen LogP contribution < -0.4 is 0 Å². The van der Waals surface area contributed by atoms with Gasteiger partial charge in [-0.15, -0.1) is 0 Å². The van der Waals surface area contributed by atoms with Crippen LogP contribution in [0.4, 0.5) is 0 Å². The summed E-state index contributed by atoms with van der Waals surface area (Å²) in [6.07, 6.45) is 0. The highest BCUT2D eigenvalue weighted by molar-refractivity contribution is 4.65. The van der Waals surface area contributed by atoms with Crippen LogP contribution in [-0.4, -0.2) is 18.1 Å². The lowest BCUT2D eigenvalue weighted by Crippen LogP contribution is -2.19. The van der Waals surface area contributed by atoms with Crippen molar-refractivity contribution in [3.05, 3.63) is 5.53 Å². The second-order valence-corrected chi connectivity index (χ2v) is 1.86. The fourth-order valence-corrected chi connectivity index (χ4v) is 0.174. The van der Waals surface area contributed by atoms with Crippen LogP contribution >= 0.6 is 0 Å². The van der Waals surface area contributed by atoms with Crippen molar-refractivity contribution in [1.29, 1.82) is 5.53 Å². The predicted octanol–water partition coefficient (Wildman–Crippen LogP) is 1.56. The first-order valence-corrected chi connectivity index (χ1v) is 2.48. The molecule has 4 heteroatoms. The Bertz CT molecular complexity index is 70.4. The molecule has 1 N–H and O–H groups in total. The summed E-state index contributed by atoms with van der Waals surface area (Å²) in [5, 5.41) is 4.48. The Labute approximate surface area is 49.3 Å². The average Bonchev–Trinajstić information content (AvgIpc) is 1.67. The highest BCUT2D eigenvalue weighted by Crippen LogP contribution is 1.99. The molecule has 0 aliphatic rings. The van der Waals surface area contributed by atoms with E-state index >= 15 is 0 Å². The highest BCUT2D eigenvalue weighted by atomic mass is 15.7. The third-order valence-electron chi connectivity index (χ3n) is 0.933. The monoisotopic (exact) mass is 115 g/mol. The smallest absolute Gasteiger partial charge is 0.00696 e. The third-order valence-corrected chi connectivity index (χ3v) is 0.933. The molecule has 0 aliphatic heterocycles. The Morgan fingerprint density at radius 1 is 1.62 bits per heavy atom. The molecule has 0 unspecified atom stereocenters. The minimum atomic E-state index is 0.323. The van der Waals surface area contributed by atoms with Gasteiger partial charge in [0.15, 0.2) is 0 Å². The van der Waals surface area contributed by atoms with E-state index < -0.39 is 0 Å². The van der Waals surface area contributed by atoms with Gasteiger partial charge in [-0.25, -0.2) is 0 Å². The van der Waals surface area contributed by atoms with Gasteiger partial charge in [-0.1, -0.05) is 0 Å². The normalized spacial score (nSPS) is 10.1. The molecule has 0 atom stereocenters. The molecule has 48 valence electrons. The van der Waals surface area contributed by atoms with Crippen LogP contribution in [-0.2, 0) is 0 Å². The van der Waals surface area contributed by atoms with Gasteiger partial charge in [-0.2, -0.15) is 0 Å². The summed E-state index contributed by atoms with van der Waals surface area (Å²) in [4.78, 5) is 0. The Morgan fingerprint density at radius 3 is 2.25 bits per heavy atom. The summed E-state index contributed by atoms with van der Waals surface area (Å²) >= 11 is 0. The van der Waals surface area contributed by atoms with Gasteiger partial charge < -0.3 is 11.1 Å². The van der Waals surface area contributed by atoms with Crippen molar-refractivity contribution >= 4 is 0 Å². The van der Waals surface area contributed by atoms with Crippen LogP contribution in [0.15, 0.2) is 5.22 Å².